The number of halogens is 2. The molecular formula is C60H81Cl2N11O4P2. The number of nitrogens with one attached hydrogen (secondary N) is 4. The van der Waals surface area contributed by atoms with E-state index >= 15 is 0 Å². The Balaban J connectivity index is 0.000000212. The van der Waals surface area contributed by atoms with Crippen molar-refractivity contribution in [3.8, 4) is 0 Å². The van der Waals surface area contributed by atoms with Gasteiger partial charge in [0.15, 0.2) is 11.6 Å². The van der Waals surface area contributed by atoms with E-state index in [9.17, 15) is 13.9 Å². The molecule has 6 aromatic rings. The summed E-state index contributed by atoms with van der Waals surface area (Å²) in [6.45, 7) is 19.9. The van der Waals surface area contributed by atoms with E-state index in [0.29, 0.717) is 55.9 Å². The molecule has 2 aromatic heterocycles. The minimum atomic E-state index is -2.49. The quantitative estimate of drug-likeness (QED) is 0.0689. The lowest BCUT2D eigenvalue weighted by Gasteiger charge is -2.55. The number of nitrogens with zero attached hydrogens (tertiary/aromatic N) is 7. The van der Waals surface area contributed by atoms with Crippen molar-refractivity contribution < 1.29 is 19.0 Å². The van der Waals surface area contributed by atoms with Gasteiger partial charge in [-0.05, 0) is 165 Å². The second kappa shape index (κ2) is 26.4. The summed E-state index contributed by atoms with van der Waals surface area (Å²) >= 11 is 12.8. The van der Waals surface area contributed by atoms with E-state index in [1.165, 1.54) is 54.6 Å². The Morgan fingerprint density at radius 2 is 1.00 bits per heavy atom. The third kappa shape index (κ3) is 15.5. The van der Waals surface area contributed by atoms with Crippen molar-refractivity contribution in [1.82, 2.24) is 24.8 Å². The molecule has 4 aromatic carbocycles. The summed E-state index contributed by atoms with van der Waals surface area (Å²) in [5, 5.41) is 22.4. The molecule has 2 aliphatic carbocycles. The highest BCUT2D eigenvalue weighted by Crippen LogP contribution is 2.48. The number of hydrogen-bond donors (Lipinski definition) is 5. The van der Waals surface area contributed by atoms with Crippen molar-refractivity contribution in [1.29, 1.82) is 0 Å². The molecule has 79 heavy (non-hydrogen) atoms. The second-order valence-electron chi connectivity index (χ2n) is 22.7. The average Bonchev–Trinajstić information content (AvgIpc) is 3.56. The van der Waals surface area contributed by atoms with E-state index < -0.39 is 14.3 Å². The average molecular weight is 1150 g/mol. The third-order valence-corrected chi connectivity index (χ3v) is 18.9. The number of hydrogen-bond acceptors (Lipinski definition) is 15. The first kappa shape index (κ1) is 61.1. The number of rotatable bonds is 13. The number of benzene rings is 4. The van der Waals surface area contributed by atoms with Gasteiger partial charge in [0.05, 0.1) is 23.8 Å². The molecule has 10 rings (SSSR count). The molecule has 19 heteroatoms. The summed E-state index contributed by atoms with van der Waals surface area (Å²) in [6, 6.07) is 28.4. The molecule has 4 fully saturated rings. The maximum absolute atomic E-state index is 12.8. The van der Waals surface area contributed by atoms with Crippen LogP contribution in [0.4, 0.5) is 57.7 Å². The first-order valence-electron chi connectivity index (χ1n) is 27.3. The van der Waals surface area contributed by atoms with E-state index in [2.05, 4.69) is 128 Å². The van der Waals surface area contributed by atoms with Gasteiger partial charge in [0.2, 0.25) is 11.9 Å². The van der Waals surface area contributed by atoms with Gasteiger partial charge in [-0.3, -0.25) is 4.79 Å². The molecule has 0 bridgehead atoms. The largest absolute Gasteiger partial charge is 0.400 e. The number of ketones is 1. The van der Waals surface area contributed by atoms with Gasteiger partial charge in [0, 0.05) is 96.4 Å². The lowest BCUT2D eigenvalue weighted by molar-refractivity contribution is -0.122. The predicted octanol–water partition coefficient (Wildman–Crippen LogP) is 13.6. The van der Waals surface area contributed by atoms with Crippen molar-refractivity contribution >= 4 is 112 Å². The maximum Gasteiger partial charge on any atom is 0.229 e. The molecule has 0 unspecified atom stereocenters. The molecule has 0 radical (unpaired) electrons. The fraction of sp³-hybridized carbons (Fsp3) is 0.450. The second-order valence-corrected chi connectivity index (χ2v) is 29.9. The van der Waals surface area contributed by atoms with Gasteiger partial charge in [-0.1, -0.05) is 67.7 Å². The van der Waals surface area contributed by atoms with Crippen LogP contribution < -0.4 is 41.7 Å². The number of anilines is 10. The van der Waals surface area contributed by atoms with Crippen molar-refractivity contribution in [2.45, 2.75) is 91.5 Å². The van der Waals surface area contributed by atoms with Gasteiger partial charge < -0.3 is 50.2 Å². The van der Waals surface area contributed by atoms with Crippen LogP contribution in [-0.4, -0.2) is 116 Å². The van der Waals surface area contributed by atoms with Crippen molar-refractivity contribution in [2.75, 3.05) is 105 Å². The normalized spacial score (nSPS) is 16.5. The summed E-state index contributed by atoms with van der Waals surface area (Å²) in [7, 11) is 0.443. The summed E-state index contributed by atoms with van der Waals surface area (Å²) in [6.07, 6.45) is 13.1. The van der Waals surface area contributed by atoms with E-state index in [0.717, 1.165) is 92.7 Å². The zero-order chi connectivity index (χ0) is 57.3. The number of aryl methyl sites for hydroxylation is 2. The zero-order valence-electron chi connectivity index (χ0n) is 48.0. The highest BCUT2D eigenvalue weighted by atomic mass is 35.5. The Labute approximate surface area is 478 Å². The summed E-state index contributed by atoms with van der Waals surface area (Å²) in [5.74, 6) is 2.18. The van der Waals surface area contributed by atoms with Crippen LogP contribution in [0.25, 0.3) is 0 Å². The van der Waals surface area contributed by atoms with Gasteiger partial charge in [0.25, 0.3) is 0 Å². The van der Waals surface area contributed by atoms with Crippen LogP contribution in [0.3, 0.4) is 0 Å². The topological polar surface area (TPSA) is 181 Å². The molecule has 0 atom stereocenters. The summed E-state index contributed by atoms with van der Waals surface area (Å²) in [5.41, 5.74) is 9.00. The molecule has 15 nitrogen and oxygen atoms in total. The van der Waals surface area contributed by atoms with E-state index in [4.69, 9.17) is 28.3 Å². The van der Waals surface area contributed by atoms with E-state index in [-0.39, 0.29) is 0 Å². The molecule has 2 aliphatic heterocycles. The number of carbonyl (C=O) groups excluding carboxylic acids is 1. The first-order chi connectivity index (χ1) is 37.6. The Bertz CT molecular complexity index is 3150. The summed E-state index contributed by atoms with van der Waals surface area (Å²) < 4.78 is 25.5. The standard InChI is InChI=1S/C29H38ClN6OP.C27H31ClN5O2P.C3H8.CH4O/c1-20-16-21(10-11-25(20)36-18-29(19-36)14-12-22(13-15-29)35(2)3)32-28-31-17-23(30)27(34-28)33-24-8-6-7-9-26(24)38(4,5)37;1-18-14-19(8-9-23(18)33-16-27(17-33)12-10-20(34)11-13-27)30-26-29-15-21(28)25(32-26)31-22-6-4-5-7-24(22)36(2,3)35;1-3-2;1-2/h6-11,16-17,22H,12-15,18-19H2,1-5H3,(H2,31,32,33,34);4-9,14-15H,10-13,16-17H2,1-3H3,(H2,29,30,31,32);3H2,1-2H3;2H,1H3. The number of aliphatic hydroxyl groups is 1. The van der Waals surface area contributed by atoms with Crippen LogP contribution in [0, 0.1) is 24.7 Å². The van der Waals surface area contributed by atoms with Gasteiger partial charge in [-0.15, -0.1) is 0 Å². The number of aliphatic hydroxyl groups excluding tert-OH is 1. The number of carbonyl (C=O) groups is 1. The van der Waals surface area contributed by atoms with Crippen LogP contribution in [0.15, 0.2) is 97.3 Å². The van der Waals surface area contributed by atoms with Crippen LogP contribution in [-0.2, 0) is 13.9 Å². The number of Topliss-reactive ketones (excluding diaryl/α,β-unsaturated/α-hetero) is 1. The van der Waals surface area contributed by atoms with E-state index in [1.54, 1.807) is 39.1 Å². The molecule has 424 valence electrons. The molecule has 2 saturated heterocycles. The summed E-state index contributed by atoms with van der Waals surface area (Å²) in [4.78, 5) is 36.8. The minimum Gasteiger partial charge on any atom is -0.400 e. The highest BCUT2D eigenvalue weighted by molar-refractivity contribution is 7.70. The monoisotopic (exact) mass is 1150 g/mol. The molecule has 4 aliphatic rings. The Kier molecular flexibility index (Phi) is 20.4. The van der Waals surface area contributed by atoms with Gasteiger partial charge in [-0.2, -0.15) is 9.97 Å². The van der Waals surface area contributed by atoms with Gasteiger partial charge >= 0.3 is 0 Å². The molecule has 2 saturated carbocycles. The van der Waals surface area contributed by atoms with Crippen LogP contribution in [0.1, 0.15) is 82.8 Å². The van der Waals surface area contributed by atoms with Crippen LogP contribution in [0.5, 0.6) is 0 Å². The maximum atomic E-state index is 12.8. The van der Waals surface area contributed by atoms with Gasteiger partial charge in [-0.25, -0.2) is 9.97 Å². The number of aromatic nitrogens is 4. The smallest absolute Gasteiger partial charge is 0.229 e. The molecular weight excluding hydrogens is 1070 g/mol. The molecule has 4 heterocycles. The molecule has 0 amide bonds. The molecule has 5 N–H and O–H groups in total. The predicted molar refractivity (Wildman–Crippen MR) is 333 cm³/mol. The number of para-hydroxylation sites is 2. The van der Waals surface area contributed by atoms with Crippen molar-refractivity contribution in [2.24, 2.45) is 10.8 Å². The Hall–Kier alpha value is -5.53. The molecule has 2 spiro atoms. The lowest BCUT2D eigenvalue weighted by atomic mass is 9.67. The van der Waals surface area contributed by atoms with E-state index in [1.807, 2.05) is 54.6 Å². The lowest BCUT2D eigenvalue weighted by Crippen LogP contribution is -2.59. The van der Waals surface area contributed by atoms with Crippen molar-refractivity contribution in [3.63, 3.8) is 0 Å². The fourth-order valence-corrected chi connectivity index (χ4v) is 13.7. The zero-order valence-corrected chi connectivity index (χ0v) is 51.3. The Morgan fingerprint density at radius 1 is 0.620 bits per heavy atom. The fourth-order valence-electron chi connectivity index (χ4n) is 11.1. The Morgan fingerprint density at radius 3 is 1.37 bits per heavy atom. The first-order valence-corrected chi connectivity index (χ1v) is 33.3. The van der Waals surface area contributed by atoms with Crippen LogP contribution >= 0.6 is 37.5 Å². The van der Waals surface area contributed by atoms with Crippen LogP contribution in [0.2, 0.25) is 10.0 Å². The SMILES string of the molecule is CCC.CO.Cc1cc(Nc2ncc(Cl)c(Nc3ccccc3P(C)(C)=O)n2)ccc1N1CC2(CCC(=O)CC2)C1.Cc1cc(Nc2ncc(Cl)c(Nc3ccccc3P(C)(C)=O)n2)ccc1N1CC2(CCC(N(C)C)CC2)C1. The third-order valence-electron chi connectivity index (χ3n) is 15.3. The minimum absolute atomic E-state index is 0.319. The van der Waals surface area contributed by atoms with Gasteiger partial charge in [0.1, 0.15) is 30.1 Å². The highest BCUT2D eigenvalue weighted by Gasteiger charge is 2.46. The van der Waals surface area contributed by atoms with Crippen molar-refractivity contribution in [3.05, 3.63) is 118 Å².